The van der Waals surface area contributed by atoms with E-state index in [0.29, 0.717) is 23.0 Å². The summed E-state index contributed by atoms with van der Waals surface area (Å²) in [4.78, 5) is 8.33. The maximum absolute atomic E-state index is 12.2. The van der Waals surface area contributed by atoms with Crippen molar-refractivity contribution in [3.63, 3.8) is 0 Å². The average molecular weight is 376 g/mol. The summed E-state index contributed by atoms with van der Waals surface area (Å²) < 4.78 is 41.7. The van der Waals surface area contributed by atoms with Gasteiger partial charge in [-0.15, -0.1) is 0 Å². The molecule has 6 nitrogen and oxygen atoms in total. The largest absolute Gasteiger partial charge is 0.390 e. The summed E-state index contributed by atoms with van der Waals surface area (Å²) in [5.74, 6) is 0.847. The van der Waals surface area contributed by atoms with Gasteiger partial charge >= 0.3 is 6.18 Å². The van der Waals surface area contributed by atoms with Gasteiger partial charge in [-0.1, -0.05) is 28.9 Å². The zero-order chi connectivity index (χ0) is 18.3. The van der Waals surface area contributed by atoms with E-state index in [1.807, 2.05) is 6.92 Å². The van der Waals surface area contributed by atoms with Crippen molar-refractivity contribution >= 4 is 17.6 Å². The van der Waals surface area contributed by atoms with Crippen LogP contribution < -0.4 is 10.6 Å². The minimum atomic E-state index is -4.22. The van der Waals surface area contributed by atoms with Crippen molar-refractivity contribution in [2.24, 2.45) is 4.99 Å². The fourth-order valence-corrected chi connectivity index (χ4v) is 2.07. The van der Waals surface area contributed by atoms with E-state index in [4.69, 9.17) is 16.1 Å². The quantitative estimate of drug-likeness (QED) is 0.598. The fourth-order valence-electron chi connectivity index (χ4n) is 1.87. The Balaban J connectivity index is 1.98. The van der Waals surface area contributed by atoms with Crippen LogP contribution in [-0.4, -0.2) is 35.4 Å². The van der Waals surface area contributed by atoms with Gasteiger partial charge in [-0.2, -0.15) is 18.2 Å². The summed E-state index contributed by atoms with van der Waals surface area (Å²) in [5, 5.41) is 9.84. The number of alkyl halides is 3. The van der Waals surface area contributed by atoms with Gasteiger partial charge in [0.05, 0.1) is 6.42 Å². The molecule has 25 heavy (non-hydrogen) atoms. The van der Waals surface area contributed by atoms with Gasteiger partial charge in [0, 0.05) is 23.7 Å². The fraction of sp³-hybridized carbons (Fsp3) is 0.400. The molecule has 0 saturated heterocycles. The smallest absolute Gasteiger partial charge is 0.357 e. The zero-order valence-corrected chi connectivity index (χ0v) is 14.2. The molecule has 10 heteroatoms. The highest BCUT2D eigenvalue weighted by Crippen LogP contribution is 2.20. The number of rotatable bonds is 6. The summed E-state index contributed by atoms with van der Waals surface area (Å²) in [7, 11) is 0. The first-order chi connectivity index (χ1) is 11.9. The summed E-state index contributed by atoms with van der Waals surface area (Å²) in [6, 6.07) is 6.97. The summed E-state index contributed by atoms with van der Waals surface area (Å²) in [6.45, 7) is 2.09. The summed E-state index contributed by atoms with van der Waals surface area (Å²) in [5.41, 5.74) is 0.696. The molecule has 0 fully saturated rings. The molecule has 0 bridgehead atoms. The van der Waals surface area contributed by atoms with Gasteiger partial charge < -0.3 is 15.2 Å². The molecule has 0 radical (unpaired) electrons. The molecule has 0 unspecified atom stereocenters. The molecule has 2 N–H and O–H groups in total. The molecular formula is C15H17ClF3N5O. The predicted molar refractivity (Wildman–Crippen MR) is 88.2 cm³/mol. The highest BCUT2D eigenvalue weighted by molar-refractivity contribution is 6.30. The van der Waals surface area contributed by atoms with Crippen molar-refractivity contribution in [1.82, 2.24) is 20.8 Å². The maximum atomic E-state index is 12.2. The molecule has 0 spiro atoms. The second-order valence-corrected chi connectivity index (χ2v) is 5.45. The number of hydrogen-bond donors (Lipinski definition) is 2. The van der Waals surface area contributed by atoms with E-state index in [0.717, 1.165) is 0 Å². The Bertz CT molecular complexity index is 717. The number of benzene rings is 1. The molecule has 136 valence electrons. The summed E-state index contributed by atoms with van der Waals surface area (Å²) >= 11 is 5.91. The monoisotopic (exact) mass is 375 g/mol. The van der Waals surface area contributed by atoms with Crippen molar-refractivity contribution in [2.45, 2.75) is 26.1 Å². The molecule has 1 aromatic carbocycles. The molecule has 1 aromatic heterocycles. The van der Waals surface area contributed by atoms with E-state index in [1.54, 1.807) is 24.3 Å². The third-order valence-corrected chi connectivity index (χ3v) is 3.20. The van der Waals surface area contributed by atoms with Crippen LogP contribution >= 0.6 is 11.6 Å². The van der Waals surface area contributed by atoms with Crippen LogP contribution in [0.4, 0.5) is 13.2 Å². The molecule has 0 amide bonds. The maximum Gasteiger partial charge on any atom is 0.390 e. The number of aliphatic imine (C=N–C) groups is 1. The topological polar surface area (TPSA) is 75.3 Å². The minimum Gasteiger partial charge on any atom is -0.357 e. The second kappa shape index (κ2) is 8.70. The van der Waals surface area contributed by atoms with E-state index in [2.05, 4.69) is 25.8 Å². The highest BCUT2D eigenvalue weighted by atomic mass is 35.5. The van der Waals surface area contributed by atoms with Crippen LogP contribution in [0.2, 0.25) is 5.02 Å². The Hall–Kier alpha value is -2.29. The number of halogens is 4. The molecule has 0 atom stereocenters. The molecule has 2 aromatic rings. The Morgan fingerprint density at radius 1 is 1.32 bits per heavy atom. The molecule has 0 aliphatic heterocycles. The standard InChI is InChI=1S/C15H17ClF3N5O/c1-2-20-14(21-7-6-15(17,18)19)22-9-12-23-13(24-25-12)10-4-3-5-11(16)8-10/h3-5,8H,2,6-7,9H2,1H3,(H2,20,21,22). The molecular weight excluding hydrogens is 359 g/mol. The van der Waals surface area contributed by atoms with Crippen molar-refractivity contribution in [3.05, 3.63) is 35.2 Å². The van der Waals surface area contributed by atoms with Gasteiger partial charge in [-0.3, -0.25) is 0 Å². The number of nitrogens with one attached hydrogen (secondary N) is 2. The third kappa shape index (κ3) is 6.61. The third-order valence-electron chi connectivity index (χ3n) is 2.97. The van der Waals surface area contributed by atoms with Crippen molar-refractivity contribution in [1.29, 1.82) is 0 Å². The van der Waals surface area contributed by atoms with E-state index >= 15 is 0 Å². The zero-order valence-electron chi connectivity index (χ0n) is 13.4. The number of aromatic nitrogens is 2. The van der Waals surface area contributed by atoms with Gasteiger partial charge in [0.15, 0.2) is 5.96 Å². The van der Waals surface area contributed by atoms with Crippen LogP contribution in [0.15, 0.2) is 33.8 Å². The number of guanidine groups is 1. The molecule has 1 heterocycles. The lowest BCUT2D eigenvalue weighted by atomic mass is 10.2. The Kier molecular flexibility index (Phi) is 6.63. The first-order valence-electron chi connectivity index (χ1n) is 7.55. The van der Waals surface area contributed by atoms with Crippen molar-refractivity contribution < 1.29 is 17.7 Å². The SMILES string of the molecule is CCNC(=NCc1nc(-c2cccc(Cl)c2)no1)NCCC(F)(F)F. The van der Waals surface area contributed by atoms with Gasteiger partial charge in [0.1, 0.15) is 6.54 Å². The van der Waals surface area contributed by atoms with E-state index in [-0.39, 0.29) is 24.9 Å². The van der Waals surface area contributed by atoms with Gasteiger partial charge in [-0.05, 0) is 19.1 Å². The first kappa shape index (κ1) is 19.0. The van der Waals surface area contributed by atoms with Gasteiger partial charge in [0.2, 0.25) is 11.7 Å². The van der Waals surface area contributed by atoms with Gasteiger partial charge in [-0.25, -0.2) is 4.99 Å². The Morgan fingerprint density at radius 2 is 2.12 bits per heavy atom. The van der Waals surface area contributed by atoms with Crippen molar-refractivity contribution in [2.75, 3.05) is 13.1 Å². The van der Waals surface area contributed by atoms with Crippen LogP contribution in [0, 0.1) is 0 Å². The van der Waals surface area contributed by atoms with Crippen LogP contribution in [0.3, 0.4) is 0 Å². The first-order valence-corrected chi connectivity index (χ1v) is 7.92. The predicted octanol–water partition coefficient (Wildman–Crippen LogP) is 3.40. The van der Waals surface area contributed by atoms with Crippen LogP contribution in [-0.2, 0) is 6.54 Å². The van der Waals surface area contributed by atoms with E-state index < -0.39 is 12.6 Å². The normalized spacial score (nSPS) is 12.3. The van der Waals surface area contributed by atoms with Crippen LogP contribution in [0.25, 0.3) is 11.4 Å². The molecule has 0 aliphatic carbocycles. The Labute approximate surface area is 147 Å². The lowest BCUT2D eigenvalue weighted by Crippen LogP contribution is -2.38. The molecule has 0 saturated carbocycles. The van der Waals surface area contributed by atoms with Crippen LogP contribution in [0.1, 0.15) is 19.2 Å². The van der Waals surface area contributed by atoms with Crippen molar-refractivity contribution in [3.8, 4) is 11.4 Å². The molecule has 0 aliphatic rings. The summed E-state index contributed by atoms with van der Waals surface area (Å²) in [6.07, 6.45) is -5.17. The average Bonchev–Trinajstić information content (AvgIpc) is 3.00. The number of hydrogen-bond acceptors (Lipinski definition) is 4. The lowest BCUT2D eigenvalue weighted by Gasteiger charge is -2.11. The lowest BCUT2D eigenvalue weighted by molar-refractivity contribution is -0.132. The minimum absolute atomic E-state index is 0.0366. The Morgan fingerprint density at radius 3 is 2.80 bits per heavy atom. The second-order valence-electron chi connectivity index (χ2n) is 5.01. The highest BCUT2D eigenvalue weighted by Gasteiger charge is 2.26. The van der Waals surface area contributed by atoms with E-state index in [1.165, 1.54) is 0 Å². The molecule has 2 rings (SSSR count). The van der Waals surface area contributed by atoms with E-state index in [9.17, 15) is 13.2 Å². The van der Waals surface area contributed by atoms with Crippen LogP contribution in [0.5, 0.6) is 0 Å². The number of nitrogens with zero attached hydrogens (tertiary/aromatic N) is 3. The van der Waals surface area contributed by atoms with Gasteiger partial charge in [0.25, 0.3) is 0 Å².